The van der Waals surface area contributed by atoms with Crippen molar-refractivity contribution in [2.75, 3.05) is 24.7 Å². The summed E-state index contributed by atoms with van der Waals surface area (Å²) in [6, 6.07) is 0.156. The molecular weight excluding hydrogens is 186 g/mol. The highest BCUT2D eigenvalue weighted by Gasteiger charge is 2.28. The van der Waals surface area contributed by atoms with Crippen molar-refractivity contribution < 1.29 is 14.6 Å². The number of carbonyl (C=O) groups is 1. The van der Waals surface area contributed by atoms with Crippen molar-refractivity contribution >= 4 is 11.7 Å². The molecule has 1 aliphatic heterocycles. The lowest BCUT2D eigenvalue weighted by molar-refractivity contribution is -0.135. The van der Waals surface area contributed by atoms with Crippen LogP contribution in [0.5, 0.6) is 0 Å². The molecule has 6 nitrogen and oxygen atoms in total. The van der Waals surface area contributed by atoms with E-state index in [4.69, 9.17) is 9.84 Å². The second-order valence-electron chi connectivity index (χ2n) is 3.17. The Kier molecular flexibility index (Phi) is 2.36. The van der Waals surface area contributed by atoms with E-state index in [9.17, 15) is 4.79 Å². The zero-order valence-electron chi connectivity index (χ0n) is 7.51. The van der Waals surface area contributed by atoms with Crippen molar-refractivity contribution in [2.24, 2.45) is 0 Å². The summed E-state index contributed by atoms with van der Waals surface area (Å²) in [5, 5.41) is 15.2. The number of ether oxygens (including phenoxy) is 1. The van der Waals surface area contributed by atoms with Gasteiger partial charge in [-0.2, -0.15) is 5.10 Å². The van der Waals surface area contributed by atoms with Gasteiger partial charge in [0.1, 0.15) is 6.54 Å². The molecule has 2 heterocycles. The molecule has 2 rings (SSSR count). The van der Waals surface area contributed by atoms with Crippen LogP contribution in [0.1, 0.15) is 0 Å². The van der Waals surface area contributed by atoms with Crippen molar-refractivity contribution in [3.8, 4) is 0 Å². The van der Waals surface area contributed by atoms with Gasteiger partial charge >= 0.3 is 5.97 Å². The standard InChI is InChI=1S/C8H11N3O3/c12-8(13)3-11(7-4-14-5-7)6-1-9-10-2-6/h1-2,7H,3-5H2,(H,9,10)(H,12,13). The number of nitrogens with one attached hydrogen (secondary N) is 1. The van der Waals surface area contributed by atoms with Gasteiger partial charge in [0.05, 0.1) is 31.1 Å². The number of carboxylic acids is 1. The highest BCUT2D eigenvalue weighted by Crippen LogP contribution is 2.18. The van der Waals surface area contributed by atoms with Crippen LogP contribution >= 0.6 is 0 Å². The van der Waals surface area contributed by atoms with E-state index < -0.39 is 5.97 Å². The molecule has 0 bridgehead atoms. The van der Waals surface area contributed by atoms with Gasteiger partial charge < -0.3 is 14.7 Å². The molecule has 1 saturated heterocycles. The Balaban J connectivity index is 2.09. The van der Waals surface area contributed by atoms with Gasteiger partial charge in [-0.15, -0.1) is 0 Å². The molecule has 76 valence electrons. The fourth-order valence-electron chi connectivity index (χ4n) is 1.38. The van der Waals surface area contributed by atoms with E-state index in [1.807, 2.05) is 0 Å². The SMILES string of the molecule is O=C(O)CN(c1cn[nH]c1)C1COC1. The molecule has 0 aliphatic carbocycles. The van der Waals surface area contributed by atoms with Gasteiger partial charge in [-0.05, 0) is 0 Å². The summed E-state index contributed by atoms with van der Waals surface area (Å²) in [6.07, 6.45) is 3.29. The topological polar surface area (TPSA) is 78.5 Å². The molecule has 0 saturated carbocycles. The Morgan fingerprint density at radius 2 is 2.57 bits per heavy atom. The highest BCUT2D eigenvalue weighted by molar-refractivity contribution is 5.73. The number of anilines is 1. The predicted molar refractivity (Wildman–Crippen MR) is 48.2 cm³/mol. The average molecular weight is 197 g/mol. The third kappa shape index (κ3) is 1.69. The second-order valence-corrected chi connectivity index (χ2v) is 3.17. The molecule has 14 heavy (non-hydrogen) atoms. The van der Waals surface area contributed by atoms with E-state index in [-0.39, 0.29) is 12.6 Å². The molecule has 0 radical (unpaired) electrons. The van der Waals surface area contributed by atoms with E-state index in [1.165, 1.54) is 0 Å². The summed E-state index contributed by atoms with van der Waals surface area (Å²) in [4.78, 5) is 12.4. The third-order valence-electron chi connectivity index (χ3n) is 2.18. The molecule has 0 amide bonds. The summed E-state index contributed by atoms with van der Waals surface area (Å²) < 4.78 is 5.03. The number of rotatable bonds is 4. The zero-order valence-corrected chi connectivity index (χ0v) is 7.51. The van der Waals surface area contributed by atoms with Crippen LogP contribution in [0, 0.1) is 0 Å². The molecule has 1 aromatic heterocycles. The van der Waals surface area contributed by atoms with E-state index in [2.05, 4.69) is 10.2 Å². The zero-order chi connectivity index (χ0) is 9.97. The molecule has 0 aromatic carbocycles. The van der Waals surface area contributed by atoms with Crippen LogP contribution < -0.4 is 4.90 Å². The first-order valence-electron chi connectivity index (χ1n) is 4.32. The Morgan fingerprint density at radius 1 is 1.79 bits per heavy atom. The van der Waals surface area contributed by atoms with Crippen LogP contribution in [-0.4, -0.2) is 47.1 Å². The van der Waals surface area contributed by atoms with Crippen molar-refractivity contribution in [1.29, 1.82) is 0 Å². The van der Waals surface area contributed by atoms with Gasteiger partial charge in [-0.3, -0.25) is 9.89 Å². The number of hydrogen-bond acceptors (Lipinski definition) is 4. The van der Waals surface area contributed by atoms with Gasteiger partial charge in [0.25, 0.3) is 0 Å². The minimum absolute atomic E-state index is 0.0203. The Morgan fingerprint density at radius 3 is 3.00 bits per heavy atom. The van der Waals surface area contributed by atoms with Crippen molar-refractivity contribution in [3.05, 3.63) is 12.4 Å². The minimum atomic E-state index is -0.849. The van der Waals surface area contributed by atoms with Gasteiger partial charge in [0, 0.05) is 6.20 Å². The lowest BCUT2D eigenvalue weighted by atomic mass is 10.2. The number of hydrogen-bond donors (Lipinski definition) is 2. The Hall–Kier alpha value is -1.56. The van der Waals surface area contributed by atoms with E-state index in [0.717, 1.165) is 5.69 Å². The third-order valence-corrected chi connectivity index (χ3v) is 2.18. The van der Waals surface area contributed by atoms with Crippen LogP contribution in [0.4, 0.5) is 5.69 Å². The summed E-state index contributed by atoms with van der Waals surface area (Å²) in [6.45, 7) is 1.14. The first-order chi connectivity index (χ1) is 6.77. The van der Waals surface area contributed by atoms with Crippen molar-refractivity contribution in [1.82, 2.24) is 10.2 Å². The maximum Gasteiger partial charge on any atom is 0.323 e. The molecule has 0 atom stereocenters. The van der Waals surface area contributed by atoms with Gasteiger partial charge in [-0.1, -0.05) is 0 Å². The van der Waals surface area contributed by atoms with E-state index >= 15 is 0 Å². The summed E-state index contributed by atoms with van der Waals surface area (Å²) >= 11 is 0. The van der Waals surface area contributed by atoms with Crippen LogP contribution in [-0.2, 0) is 9.53 Å². The number of aliphatic carboxylic acids is 1. The minimum Gasteiger partial charge on any atom is -0.480 e. The summed E-state index contributed by atoms with van der Waals surface area (Å²) in [7, 11) is 0. The fourth-order valence-corrected chi connectivity index (χ4v) is 1.38. The number of aromatic nitrogens is 2. The number of H-pyrrole nitrogens is 1. The quantitative estimate of drug-likeness (QED) is 0.692. The normalized spacial score (nSPS) is 16.3. The van der Waals surface area contributed by atoms with Crippen LogP contribution in [0.2, 0.25) is 0 Å². The Bertz CT molecular complexity index is 308. The first kappa shape index (κ1) is 9.01. The van der Waals surface area contributed by atoms with E-state index in [1.54, 1.807) is 17.3 Å². The summed E-state index contributed by atoms with van der Waals surface area (Å²) in [5.74, 6) is -0.849. The monoisotopic (exact) mass is 197 g/mol. The smallest absolute Gasteiger partial charge is 0.323 e. The van der Waals surface area contributed by atoms with Crippen LogP contribution in [0.3, 0.4) is 0 Å². The number of nitrogens with zero attached hydrogens (tertiary/aromatic N) is 2. The molecule has 0 unspecified atom stereocenters. The van der Waals surface area contributed by atoms with Crippen LogP contribution in [0.15, 0.2) is 12.4 Å². The largest absolute Gasteiger partial charge is 0.480 e. The maximum absolute atomic E-state index is 10.6. The lowest BCUT2D eigenvalue weighted by Gasteiger charge is -2.36. The molecule has 2 N–H and O–H groups in total. The molecule has 0 spiro atoms. The maximum atomic E-state index is 10.6. The van der Waals surface area contributed by atoms with Gasteiger partial charge in [-0.25, -0.2) is 0 Å². The van der Waals surface area contributed by atoms with Gasteiger partial charge in [0.15, 0.2) is 0 Å². The lowest BCUT2D eigenvalue weighted by Crippen LogP contribution is -2.51. The fraction of sp³-hybridized carbons (Fsp3) is 0.500. The van der Waals surface area contributed by atoms with Crippen LogP contribution in [0.25, 0.3) is 0 Å². The van der Waals surface area contributed by atoms with Crippen molar-refractivity contribution in [3.63, 3.8) is 0 Å². The number of carboxylic acid groups (broad SMARTS) is 1. The van der Waals surface area contributed by atoms with E-state index in [0.29, 0.717) is 13.2 Å². The Labute approximate surface area is 80.5 Å². The molecule has 6 heteroatoms. The molecular formula is C8H11N3O3. The second kappa shape index (κ2) is 3.67. The van der Waals surface area contributed by atoms with Crippen molar-refractivity contribution in [2.45, 2.75) is 6.04 Å². The molecule has 1 fully saturated rings. The highest BCUT2D eigenvalue weighted by atomic mass is 16.5. The predicted octanol–water partition coefficient (Wildman–Crippen LogP) is -0.301. The molecule has 1 aliphatic rings. The van der Waals surface area contributed by atoms with Gasteiger partial charge in [0.2, 0.25) is 0 Å². The molecule has 1 aromatic rings. The average Bonchev–Trinajstić information content (AvgIpc) is 2.49. The first-order valence-corrected chi connectivity index (χ1v) is 4.32. The number of aromatic amines is 1. The summed E-state index contributed by atoms with van der Waals surface area (Å²) in [5.41, 5.74) is 0.792.